The van der Waals surface area contributed by atoms with Crippen LogP contribution in [0.5, 0.6) is 5.75 Å². The Morgan fingerprint density at radius 1 is 1.24 bits per heavy atom. The van der Waals surface area contributed by atoms with Crippen molar-refractivity contribution in [1.82, 2.24) is 5.32 Å². The van der Waals surface area contributed by atoms with Gasteiger partial charge in [0.1, 0.15) is 5.75 Å². The van der Waals surface area contributed by atoms with Crippen molar-refractivity contribution in [3.05, 3.63) is 18.2 Å². The number of nitrogen functional groups attached to an aromatic ring is 1. The molecule has 0 unspecified atom stereocenters. The first-order valence-electron chi connectivity index (χ1n) is 6.57. The average molecular weight is 316 g/mol. The summed E-state index contributed by atoms with van der Waals surface area (Å²) in [6.45, 7) is 2.46. The minimum Gasteiger partial charge on any atom is -0.497 e. The van der Waals surface area contributed by atoms with Crippen LogP contribution in [0.25, 0.3) is 0 Å². The molecule has 4 N–H and O–H groups in total. The van der Waals surface area contributed by atoms with Crippen molar-refractivity contribution < 1.29 is 14.3 Å². The zero-order valence-corrected chi connectivity index (χ0v) is 13.1. The van der Waals surface area contributed by atoms with Crippen molar-refractivity contribution in [2.45, 2.75) is 26.2 Å². The monoisotopic (exact) mass is 315 g/mol. The van der Waals surface area contributed by atoms with E-state index in [1.165, 1.54) is 0 Å². The van der Waals surface area contributed by atoms with Gasteiger partial charge >= 0.3 is 0 Å². The summed E-state index contributed by atoms with van der Waals surface area (Å²) in [5.41, 5.74) is 6.77. The fraction of sp³-hybridized carbons (Fsp3) is 0.429. The summed E-state index contributed by atoms with van der Waals surface area (Å²) < 4.78 is 5.07. The van der Waals surface area contributed by atoms with Gasteiger partial charge in [0.05, 0.1) is 18.5 Å². The first kappa shape index (κ1) is 19.1. The molecule has 0 aliphatic rings. The fourth-order valence-corrected chi connectivity index (χ4v) is 1.68. The molecule has 0 bridgehead atoms. The number of amides is 2. The Labute approximate surface area is 130 Å². The van der Waals surface area contributed by atoms with Crippen LogP contribution in [-0.2, 0) is 9.59 Å². The summed E-state index contributed by atoms with van der Waals surface area (Å²) in [4.78, 5) is 23.0. The molecule has 1 aromatic rings. The maximum Gasteiger partial charge on any atom is 0.224 e. The number of nitrogens with one attached hydrogen (secondary N) is 2. The van der Waals surface area contributed by atoms with E-state index in [9.17, 15) is 9.59 Å². The molecule has 1 rings (SSSR count). The van der Waals surface area contributed by atoms with E-state index in [2.05, 4.69) is 10.6 Å². The maximum absolute atomic E-state index is 11.8. The van der Waals surface area contributed by atoms with Crippen LogP contribution < -0.4 is 21.1 Å². The van der Waals surface area contributed by atoms with Crippen LogP contribution in [0.3, 0.4) is 0 Å². The largest absolute Gasteiger partial charge is 0.497 e. The van der Waals surface area contributed by atoms with Gasteiger partial charge in [0, 0.05) is 25.5 Å². The first-order chi connectivity index (χ1) is 9.56. The van der Waals surface area contributed by atoms with Crippen molar-refractivity contribution in [3.8, 4) is 5.75 Å². The van der Waals surface area contributed by atoms with Gasteiger partial charge in [-0.2, -0.15) is 0 Å². The number of carbonyl (C=O) groups is 2. The van der Waals surface area contributed by atoms with Gasteiger partial charge in [0.15, 0.2) is 0 Å². The molecule has 0 fully saturated rings. The highest BCUT2D eigenvalue weighted by Crippen LogP contribution is 2.24. The molecular formula is C14H22ClN3O3. The third-order valence-electron chi connectivity index (χ3n) is 2.72. The number of methoxy groups -OCH3 is 1. The smallest absolute Gasteiger partial charge is 0.224 e. The molecule has 0 aliphatic carbocycles. The second-order valence-corrected chi connectivity index (χ2v) is 4.31. The van der Waals surface area contributed by atoms with Gasteiger partial charge in [0.2, 0.25) is 11.8 Å². The lowest BCUT2D eigenvalue weighted by Gasteiger charge is -2.10. The molecule has 0 spiro atoms. The summed E-state index contributed by atoms with van der Waals surface area (Å²) in [6, 6.07) is 5.06. The summed E-state index contributed by atoms with van der Waals surface area (Å²) in [5, 5.41) is 5.40. The second kappa shape index (κ2) is 9.88. The summed E-state index contributed by atoms with van der Waals surface area (Å²) in [6.07, 6.45) is 1.12. The molecule has 0 aromatic heterocycles. The molecule has 0 saturated carbocycles. The van der Waals surface area contributed by atoms with Crippen LogP contribution in [-0.4, -0.2) is 25.5 Å². The molecule has 0 aliphatic heterocycles. The number of hydrogen-bond donors (Lipinski definition) is 3. The van der Waals surface area contributed by atoms with E-state index in [0.29, 0.717) is 36.5 Å². The van der Waals surface area contributed by atoms with Crippen LogP contribution in [0, 0.1) is 0 Å². The van der Waals surface area contributed by atoms with Gasteiger partial charge in [-0.1, -0.05) is 0 Å². The van der Waals surface area contributed by atoms with E-state index in [0.717, 1.165) is 0 Å². The molecule has 118 valence electrons. The molecular weight excluding hydrogens is 294 g/mol. The number of carbonyl (C=O) groups excluding carboxylic acids is 2. The third kappa shape index (κ3) is 6.85. The second-order valence-electron chi connectivity index (χ2n) is 4.31. The number of ether oxygens (including phenoxy) is 1. The van der Waals surface area contributed by atoms with Crippen molar-refractivity contribution in [2.75, 3.05) is 24.7 Å². The quantitative estimate of drug-likeness (QED) is 0.670. The van der Waals surface area contributed by atoms with Gasteiger partial charge < -0.3 is 21.1 Å². The lowest BCUT2D eigenvalue weighted by molar-refractivity contribution is -0.121. The zero-order valence-electron chi connectivity index (χ0n) is 12.3. The van der Waals surface area contributed by atoms with Gasteiger partial charge in [-0.25, -0.2) is 0 Å². The Morgan fingerprint density at radius 2 is 1.90 bits per heavy atom. The highest BCUT2D eigenvalue weighted by Gasteiger charge is 2.08. The van der Waals surface area contributed by atoms with Crippen molar-refractivity contribution in [3.63, 3.8) is 0 Å². The van der Waals surface area contributed by atoms with E-state index in [4.69, 9.17) is 10.5 Å². The van der Waals surface area contributed by atoms with E-state index in [-0.39, 0.29) is 30.6 Å². The molecule has 0 saturated heterocycles. The van der Waals surface area contributed by atoms with Crippen LogP contribution in [0.1, 0.15) is 26.2 Å². The van der Waals surface area contributed by atoms with E-state index in [1.54, 1.807) is 25.3 Å². The molecule has 0 radical (unpaired) electrons. The average Bonchev–Trinajstić information content (AvgIpc) is 2.41. The number of hydrogen-bond acceptors (Lipinski definition) is 4. The SMILES string of the molecule is CCNC(=O)CCCC(=O)Nc1cc(OC)ccc1N.Cl. The van der Waals surface area contributed by atoms with Crippen molar-refractivity contribution in [1.29, 1.82) is 0 Å². The normalized spacial score (nSPS) is 9.43. The number of anilines is 2. The molecule has 6 nitrogen and oxygen atoms in total. The van der Waals surface area contributed by atoms with Gasteiger partial charge in [-0.05, 0) is 25.5 Å². The third-order valence-corrected chi connectivity index (χ3v) is 2.72. The highest BCUT2D eigenvalue weighted by atomic mass is 35.5. The summed E-state index contributed by atoms with van der Waals surface area (Å²) in [5.74, 6) is 0.410. The minimum absolute atomic E-state index is 0. The van der Waals surface area contributed by atoms with Crippen LogP contribution in [0.15, 0.2) is 18.2 Å². The summed E-state index contributed by atoms with van der Waals surface area (Å²) >= 11 is 0. The number of nitrogens with two attached hydrogens (primary N) is 1. The Balaban J connectivity index is 0.00000400. The lowest BCUT2D eigenvalue weighted by atomic mass is 10.2. The predicted octanol–water partition coefficient (Wildman–Crippen LogP) is 1.94. The topological polar surface area (TPSA) is 93.5 Å². The molecule has 2 amide bonds. The van der Waals surface area contributed by atoms with Gasteiger partial charge in [0.25, 0.3) is 0 Å². The molecule has 1 aromatic carbocycles. The van der Waals surface area contributed by atoms with E-state index in [1.807, 2.05) is 6.92 Å². The Morgan fingerprint density at radius 3 is 2.52 bits per heavy atom. The Hall–Kier alpha value is -1.95. The number of rotatable bonds is 7. The molecule has 0 atom stereocenters. The van der Waals surface area contributed by atoms with E-state index >= 15 is 0 Å². The number of benzene rings is 1. The Kier molecular flexibility index (Phi) is 8.96. The van der Waals surface area contributed by atoms with Crippen LogP contribution in [0.4, 0.5) is 11.4 Å². The minimum atomic E-state index is -0.172. The zero-order chi connectivity index (χ0) is 15.0. The van der Waals surface area contributed by atoms with Crippen molar-refractivity contribution in [2.24, 2.45) is 0 Å². The highest BCUT2D eigenvalue weighted by molar-refractivity contribution is 5.94. The maximum atomic E-state index is 11.8. The first-order valence-corrected chi connectivity index (χ1v) is 6.57. The van der Waals surface area contributed by atoms with Crippen LogP contribution >= 0.6 is 12.4 Å². The predicted molar refractivity (Wildman–Crippen MR) is 85.8 cm³/mol. The number of halogens is 1. The molecule has 0 heterocycles. The molecule has 21 heavy (non-hydrogen) atoms. The summed E-state index contributed by atoms with van der Waals surface area (Å²) in [7, 11) is 1.55. The standard InChI is InChI=1S/C14H21N3O3.ClH/c1-3-16-13(18)5-4-6-14(19)17-12-9-10(20-2)7-8-11(12)15;/h7-9H,3-6,15H2,1-2H3,(H,16,18)(H,17,19);1H. The fourth-order valence-electron chi connectivity index (χ4n) is 1.68. The Bertz CT molecular complexity index is 481. The lowest BCUT2D eigenvalue weighted by Crippen LogP contribution is -2.22. The van der Waals surface area contributed by atoms with Gasteiger partial charge in [-0.3, -0.25) is 9.59 Å². The van der Waals surface area contributed by atoms with Crippen molar-refractivity contribution >= 4 is 35.6 Å². The van der Waals surface area contributed by atoms with Crippen LogP contribution in [0.2, 0.25) is 0 Å². The molecule has 7 heteroatoms. The van der Waals surface area contributed by atoms with E-state index < -0.39 is 0 Å². The van der Waals surface area contributed by atoms with Gasteiger partial charge in [-0.15, -0.1) is 12.4 Å².